The average Bonchev–Trinajstić information content (AvgIpc) is 2.04. The Labute approximate surface area is 69.6 Å². The van der Waals surface area contributed by atoms with E-state index in [-0.39, 0.29) is 10.8 Å². The number of carbonyl (C=O) groups is 1. The van der Waals surface area contributed by atoms with Crippen molar-refractivity contribution >= 4 is 11.8 Å². The molecule has 0 aromatic heterocycles. The van der Waals surface area contributed by atoms with E-state index in [1.165, 1.54) is 6.07 Å². The third kappa shape index (κ3) is 1.54. The summed E-state index contributed by atoms with van der Waals surface area (Å²) in [6.07, 6.45) is -1.38. The van der Waals surface area contributed by atoms with E-state index in [9.17, 15) is 4.79 Å². The van der Waals surface area contributed by atoms with Crippen LogP contribution < -0.4 is 5.06 Å². The van der Waals surface area contributed by atoms with Gasteiger partial charge in [-0.2, -0.15) is 5.06 Å². The third-order valence-corrected chi connectivity index (χ3v) is 1.52. The second kappa shape index (κ2) is 3.23. The van der Waals surface area contributed by atoms with E-state index in [0.717, 1.165) is 0 Å². The van der Waals surface area contributed by atoms with Gasteiger partial charge in [-0.25, -0.2) is 4.79 Å². The maximum absolute atomic E-state index is 10.3. The van der Waals surface area contributed by atoms with Gasteiger partial charge in [-0.1, -0.05) is 18.2 Å². The first-order valence-corrected chi connectivity index (χ1v) is 3.40. The highest BCUT2D eigenvalue weighted by molar-refractivity contribution is 5.84. The Balaban J connectivity index is 3.02. The molecule has 12 heavy (non-hydrogen) atoms. The summed E-state index contributed by atoms with van der Waals surface area (Å²) in [5.41, 5.74) is 0.993. The molecule has 0 aliphatic heterocycles. The first-order chi connectivity index (χ1) is 5.63. The van der Waals surface area contributed by atoms with Crippen LogP contribution in [0.15, 0.2) is 24.3 Å². The zero-order chi connectivity index (χ0) is 9.14. The summed E-state index contributed by atoms with van der Waals surface area (Å²) in [6, 6.07) is 6.69. The summed E-state index contributed by atoms with van der Waals surface area (Å²) in [5.74, 6) is 0. The molecule has 0 bridgehead atoms. The van der Waals surface area contributed by atoms with E-state index in [1.54, 1.807) is 25.1 Å². The summed E-state index contributed by atoms with van der Waals surface area (Å²) >= 11 is 0. The van der Waals surface area contributed by atoms with Gasteiger partial charge >= 0.3 is 6.09 Å². The van der Waals surface area contributed by atoms with Crippen molar-refractivity contribution in [2.75, 3.05) is 5.06 Å². The molecule has 0 aliphatic carbocycles. The number of rotatable bonds is 1. The maximum Gasteiger partial charge on any atom is 0.436 e. The molecular formula is C8H9NO3. The number of para-hydroxylation sites is 1. The van der Waals surface area contributed by atoms with Crippen LogP contribution in [0, 0.1) is 6.92 Å². The Morgan fingerprint density at radius 1 is 1.42 bits per heavy atom. The van der Waals surface area contributed by atoms with Crippen LogP contribution in [0.3, 0.4) is 0 Å². The molecule has 1 amide bonds. The second-order valence-corrected chi connectivity index (χ2v) is 2.38. The Kier molecular flexibility index (Phi) is 2.30. The molecule has 0 unspecified atom stereocenters. The summed E-state index contributed by atoms with van der Waals surface area (Å²) in [7, 11) is 0. The van der Waals surface area contributed by atoms with Gasteiger partial charge in [0.05, 0.1) is 5.69 Å². The van der Waals surface area contributed by atoms with Crippen molar-refractivity contribution in [2.45, 2.75) is 6.92 Å². The zero-order valence-electron chi connectivity index (χ0n) is 6.56. The van der Waals surface area contributed by atoms with E-state index in [2.05, 4.69) is 0 Å². The minimum absolute atomic E-state index is 0.204. The number of hydrogen-bond acceptors (Lipinski definition) is 2. The van der Waals surface area contributed by atoms with Crippen molar-refractivity contribution in [1.82, 2.24) is 0 Å². The Morgan fingerprint density at radius 3 is 2.50 bits per heavy atom. The molecule has 1 aromatic carbocycles. The van der Waals surface area contributed by atoms with E-state index < -0.39 is 6.09 Å². The largest absolute Gasteiger partial charge is 0.463 e. The number of carboxylic acid groups (broad SMARTS) is 1. The zero-order valence-corrected chi connectivity index (χ0v) is 6.56. The fraction of sp³-hybridized carbons (Fsp3) is 0.125. The molecule has 0 aliphatic rings. The molecule has 4 nitrogen and oxygen atoms in total. The van der Waals surface area contributed by atoms with Crippen molar-refractivity contribution in [1.29, 1.82) is 0 Å². The van der Waals surface area contributed by atoms with Crippen molar-refractivity contribution in [3.63, 3.8) is 0 Å². The van der Waals surface area contributed by atoms with Gasteiger partial charge in [-0.3, -0.25) is 5.21 Å². The molecule has 1 rings (SSSR count). The second-order valence-electron chi connectivity index (χ2n) is 2.38. The SMILES string of the molecule is Cc1ccccc1N(O)C(=O)O. The van der Waals surface area contributed by atoms with Crippen molar-refractivity contribution < 1.29 is 15.1 Å². The highest BCUT2D eigenvalue weighted by Crippen LogP contribution is 2.17. The van der Waals surface area contributed by atoms with Crippen LogP contribution in [0.1, 0.15) is 5.56 Å². The van der Waals surface area contributed by atoms with Gasteiger partial charge in [0.2, 0.25) is 0 Å². The summed E-state index contributed by atoms with van der Waals surface area (Å²) in [4.78, 5) is 10.3. The van der Waals surface area contributed by atoms with Gasteiger partial charge in [0.1, 0.15) is 0 Å². The Hall–Kier alpha value is -1.55. The number of nitrogens with zero attached hydrogens (tertiary/aromatic N) is 1. The fourth-order valence-electron chi connectivity index (χ4n) is 0.904. The smallest absolute Gasteiger partial charge is 0.436 e. The number of hydroxylamine groups is 1. The molecule has 1 aromatic rings. The number of amides is 1. The molecule has 2 N–H and O–H groups in total. The predicted molar refractivity (Wildman–Crippen MR) is 43.5 cm³/mol. The molecule has 64 valence electrons. The first-order valence-electron chi connectivity index (χ1n) is 3.40. The highest BCUT2D eigenvalue weighted by Gasteiger charge is 2.11. The summed E-state index contributed by atoms with van der Waals surface area (Å²) < 4.78 is 0. The summed E-state index contributed by atoms with van der Waals surface area (Å²) in [6.45, 7) is 1.72. The Bertz CT molecular complexity index is 298. The standard InChI is InChI=1S/C8H9NO3/c1-6-4-2-3-5-7(6)9(12)8(10)11/h2-5,12H,1H3,(H,10,11). The van der Waals surface area contributed by atoms with Gasteiger partial charge in [-0.05, 0) is 18.6 Å². The Morgan fingerprint density at radius 2 is 2.00 bits per heavy atom. The quantitative estimate of drug-likeness (QED) is 0.495. The van der Waals surface area contributed by atoms with Gasteiger partial charge in [-0.15, -0.1) is 0 Å². The summed E-state index contributed by atoms with van der Waals surface area (Å²) in [5, 5.41) is 17.7. The molecule has 0 spiro atoms. The predicted octanol–water partition coefficient (Wildman–Crippen LogP) is 1.87. The maximum atomic E-state index is 10.3. The highest BCUT2D eigenvalue weighted by atomic mass is 16.6. The lowest BCUT2D eigenvalue weighted by atomic mass is 10.2. The van der Waals surface area contributed by atoms with Crippen molar-refractivity contribution in [3.05, 3.63) is 29.8 Å². The van der Waals surface area contributed by atoms with Crippen LogP contribution in [0.2, 0.25) is 0 Å². The van der Waals surface area contributed by atoms with Crippen molar-refractivity contribution in [2.24, 2.45) is 0 Å². The van der Waals surface area contributed by atoms with Gasteiger partial charge in [0.15, 0.2) is 0 Å². The number of aryl methyl sites for hydroxylation is 1. The van der Waals surface area contributed by atoms with E-state index in [4.69, 9.17) is 10.3 Å². The van der Waals surface area contributed by atoms with E-state index in [1.807, 2.05) is 0 Å². The minimum atomic E-state index is -1.38. The van der Waals surface area contributed by atoms with Crippen LogP contribution in [0.4, 0.5) is 10.5 Å². The molecule has 0 heterocycles. The molecule has 0 fully saturated rings. The lowest BCUT2D eigenvalue weighted by Gasteiger charge is -2.12. The molecule has 0 saturated carbocycles. The fourth-order valence-corrected chi connectivity index (χ4v) is 0.904. The average molecular weight is 167 g/mol. The normalized spacial score (nSPS) is 9.50. The molecule has 0 radical (unpaired) electrons. The third-order valence-electron chi connectivity index (χ3n) is 1.52. The van der Waals surface area contributed by atoms with Crippen molar-refractivity contribution in [3.8, 4) is 0 Å². The molecular weight excluding hydrogens is 158 g/mol. The van der Waals surface area contributed by atoms with E-state index in [0.29, 0.717) is 5.56 Å². The van der Waals surface area contributed by atoms with Gasteiger partial charge in [0.25, 0.3) is 0 Å². The number of benzene rings is 1. The van der Waals surface area contributed by atoms with Crippen LogP contribution >= 0.6 is 0 Å². The van der Waals surface area contributed by atoms with Gasteiger partial charge in [0, 0.05) is 0 Å². The number of anilines is 1. The number of hydrogen-bond donors (Lipinski definition) is 2. The lowest BCUT2D eigenvalue weighted by molar-refractivity contribution is 0.160. The topological polar surface area (TPSA) is 60.8 Å². The van der Waals surface area contributed by atoms with Crippen LogP contribution in [-0.4, -0.2) is 16.4 Å². The van der Waals surface area contributed by atoms with Crippen LogP contribution in [0.25, 0.3) is 0 Å². The van der Waals surface area contributed by atoms with Crippen LogP contribution in [-0.2, 0) is 0 Å². The van der Waals surface area contributed by atoms with Gasteiger partial charge < -0.3 is 5.11 Å². The molecule has 0 saturated heterocycles. The lowest BCUT2D eigenvalue weighted by Crippen LogP contribution is -2.25. The van der Waals surface area contributed by atoms with Crippen LogP contribution in [0.5, 0.6) is 0 Å². The minimum Gasteiger partial charge on any atom is -0.463 e. The van der Waals surface area contributed by atoms with E-state index >= 15 is 0 Å². The monoisotopic (exact) mass is 167 g/mol. The molecule has 0 atom stereocenters. The first kappa shape index (κ1) is 8.55. The molecule has 4 heteroatoms.